The summed E-state index contributed by atoms with van der Waals surface area (Å²) >= 11 is 0. The van der Waals surface area contributed by atoms with E-state index >= 15 is 0 Å². The zero-order valence-corrected chi connectivity index (χ0v) is 17.3. The summed E-state index contributed by atoms with van der Waals surface area (Å²) in [5.41, 5.74) is 0. The van der Waals surface area contributed by atoms with Gasteiger partial charge in [-0.1, -0.05) is 0 Å². The van der Waals surface area contributed by atoms with Gasteiger partial charge in [-0.25, -0.2) is 17.2 Å². The molecule has 0 aromatic heterocycles. The molecule has 2 aliphatic heterocycles. The molecule has 2 aliphatic rings. The maximum Gasteiger partial charge on any atom is 0.243 e. The van der Waals surface area contributed by atoms with Crippen LogP contribution in [0.2, 0.25) is 0 Å². The molecule has 0 saturated carbocycles. The monoisotopic (exact) mass is 431 g/mol. The van der Waals surface area contributed by atoms with Crippen molar-refractivity contribution in [3.8, 4) is 0 Å². The summed E-state index contributed by atoms with van der Waals surface area (Å²) in [4.78, 5) is 15.9. The van der Waals surface area contributed by atoms with E-state index in [-0.39, 0.29) is 29.9 Å². The van der Waals surface area contributed by atoms with Crippen molar-refractivity contribution in [2.45, 2.75) is 30.7 Å². The van der Waals surface area contributed by atoms with Crippen LogP contribution < -0.4 is 0 Å². The van der Waals surface area contributed by atoms with Gasteiger partial charge >= 0.3 is 0 Å². The molecule has 2 heterocycles. The lowest BCUT2D eigenvalue weighted by molar-refractivity contribution is -0.131. The van der Waals surface area contributed by atoms with E-state index in [2.05, 4.69) is 4.90 Å². The molecule has 3 rings (SSSR count). The summed E-state index contributed by atoms with van der Waals surface area (Å²) in [5.74, 6) is -2.38. The van der Waals surface area contributed by atoms with Gasteiger partial charge in [-0.15, -0.1) is 0 Å². The number of carbonyl (C=O) groups excluding carboxylic acids is 1. The van der Waals surface area contributed by atoms with Crippen LogP contribution in [0.1, 0.15) is 19.8 Å². The first-order valence-corrected chi connectivity index (χ1v) is 11.3. The minimum absolute atomic E-state index is 0.0935. The number of amides is 1. The zero-order valence-electron chi connectivity index (χ0n) is 16.5. The Kier molecular flexibility index (Phi) is 7.20. The Morgan fingerprint density at radius 1 is 1.21 bits per heavy atom. The predicted octanol–water partition coefficient (Wildman–Crippen LogP) is 1.30. The van der Waals surface area contributed by atoms with Crippen molar-refractivity contribution in [2.24, 2.45) is 0 Å². The molecule has 2 fully saturated rings. The quantitative estimate of drug-likeness (QED) is 0.651. The highest BCUT2D eigenvalue weighted by atomic mass is 32.2. The summed E-state index contributed by atoms with van der Waals surface area (Å²) in [6.07, 6.45) is 1.31. The molecule has 1 aromatic carbocycles. The Hall–Kier alpha value is -1.62. The van der Waals surface area contributed by atoms with Gasteiger partial charge in [0.15, 0.2) is 11.6 Å². The van der Waals surface area contributed by atoms with Gasteiger partial charge in [0.1, 0.15) is 0 Å². The third-order valence-corrected chi connectivity index (χ3v) is 7.34. The van der Waals surface area contributed by atoms with Gasteiger partial charge < -0.3 is 9.64 Å². The number of benzene rings is 1. The first-order valence-electron chi connectivity index (χ1n) is 9.81. The molecule has 0 spiro atoms. The molecular formula is C19H27F2N3O4S. The number of sulfonamides is 1. The number of morpholine rings is 1. The van der Waals surface area contributed by atoms with Crippen LogP contribution in [0.5, 0.6) is 0 Å². The second kappa shape index (κ2) is 9.46. The summed E-state index contributed by atoms with van der Waals surface area (Å²) in [7, 11) is -3.94. The van der Waals surface area contributed by atoms with Crippen LogP contribution in [-0.2, 0) is 19.6 Å². The first kappa shape index (κ1) is 22.1. The van der Waals surface area contributed by atoms with Crippen molar-refractivity contribution >= 4 is 15.9 Å². The van der Waals surface area contributed by atoms with Crippen LogP contribution in [0, 0.1) is 11.6 Å². The Morgan fingerprint density at radius 2 is 1.93 bits per heavy atom. The van der Waals surface area contributed by atoms with Gasteiger partial charge in [-0.2, -0.15) is 4.31 Å². The van der Waals surface area contributed by atoms with Gasteiger partial charge in [0, 0.05) is 52.2 Å². The van der Waals surface area contributed by atoms with Crippen LogP contribution in [0.25, 0.3) is 0 Å². The van der Waals surface area contributed by atoms with E-state index in [1.54, 1.807) is 4.90 Å². The lowest BCUT2D eigenvalue weighted by Crippen LogP contribution is -2.43. The molecule has 0 N–H and O–H groups in total. The SMILES string of the molecule is CC(=O)N(CCCN1CCOCC1)C1CCN(S(=O)(=O)c2ccc(F)c(F)c2)C1. The van der Waals surface area contributed by atoms with E-state index in [0.717, 1.165) is 51.4 Å². The third kappa shape index (κ3) is 5.30. The van der Waals surface area contributed by atoms with E-state index in [4.69, 9.17) is 4.74 Å². The van der Waals surface area contributed by atoms with Gasteiger partial charge in [0.2, 0.25) is 15.9 Å². The van der Waals surface area contributed by atoms with E-state index in [1.165, 1.54) is 11.2 Å². The number of carbonyl (C=O) groups is 1. The summed E-state index contributed by atoms with van der Waals surface area (Å²) in [5, 5.41) is 0. The van der Waals surface area contributed by atoms with Gasteiger partial charge in [0.05, 0.1) is 18.1 Å². The maximum atomic E-state index is 13.5. The standard InChI is InChI=1S/C19H27F2N3O4S/c1-15(25)24(7-2-6-22-9-11-28-12-10-22)16-5-8-23(14-16)29(26,27)17-3-4-18(20)19(21)13-17/h3-4,13,16H,2,5-12,14H2,1H3. The summed E-state index contributed by atoms with van der Waals surface area (Å²) in [6.45, 7) is 6.48. The van der Waals surface area contributed by atoms with E-state index in [0.29, 0.717) is 19.0 Å². The van der Waals surface area contributed by atoms with Crippen molar-refractivity contribution in [1.29, 1.82) is 0 Å². The molecule has 29 heavy (non-hydrogen) atoms. The van der Waals surface area contributed by atoms with Crippen LogP contribution in [0.3, 0.4) is 0 Å². The third-order valence-electron chi connectivity index (χ3n) is 5.48. The van der Waals surface area contributed by atoms with Gasteiger partial charge in [0.25, 0.3) is 0 Å². The molecule has 2 saturated heterocycles. The Labute approximate surface area is 170 Å². The average molecular weight is 432 g/mol. The van der Waals surface area contributed by atoms with E-state index in [9.17, 15) is 22.0 Å². The molecule has 7 nitrogen and oxygen atoms in total. The molecule has 1 aromatic rings. The molecule has 1 atom stereocenters. The number of halogens is 2. The number of hydrogen-bond donors (Lipinski definition) is 0. The lowest BCUT2D eigenvalue weighted by atomic mass is 10.2. The molecular weight excluding hydrogens is 404 g/mol. The highest BCUT2D eigenvalue weighted by Crippen LogP contribution is 2.25. The minimum atomic E-state index is -3.94. The maximum absolute atomic E-state index is 13.5. The highest BCUT2D eigenvalue weighted by Gasteiger charge is 2.36. The van der Waals surface area contributed by atoms with Crippen LogP contribution >= 0.6 is 0 Å². The molecule has 1 unspecified atom stereocenters. The number of hydrogen-bond acceptors (Lipinski definition) is 5. The molecule has 1 amide bonds. The second-order valence-corrected chi connectivity index (χ2v) is 9.34. The summed E-state index contributed by atoms with van der Waals surface area (Å²) in [6, 6.07) is 2.34. The zero-order chi connectivity index (χ0) is 21.0. The van der Waals surface area contributed by atoms with E-state index < -0.39 is 21.7 Å². The Bertz CT molecular complexity index is 831. The fourth-order valence-electron chi connectivity index (χ4n) is 3.86. The summed E-state index contributed by atoms with van der Waals surface area (Å²) < 4.78 is 58.7. The van der Waals surface area contributed by atoms with Crippen LogP contribution in [0.4, 0.5) is 8.78 Å². The average Bonchev–Trinajstić information content (AvgIpc) is 3.18. The van der Waals surface area contributed by atoms with Crippen molar-refractivity contribution in [1.82, 2.24) is 14.1 Å². The molecule has 10 heteroatoms. The van der Waals surface area contributed by atoms with Crippen LogP contribution in [0.15, 0.2) is 23.1 Å². The molecule has 0 bridgehead atoms. The first-order chi connectivity index (χ1) is 13.8. The second-order valence-electron chi connectivity index (χ2n) is 7.40. The van der Waals surface area contributed by atoms with Crippen molar-refractivity contribution in [3.63, 3.8) is 0 Å². The number of rotatable bonds is 7. The van der Waals surface area contributed by atoms with E-state index in [1.807, 2.05) is 0 Å². The largest absolute Gasteiger partial charge is 0.379 e. The molecule has 0 aliphatic carbocycles. The smallest absolute Gasteiger partial charge is 0.243 e. The molecule has 0 radical (unpaired) electrons. The minimum Gasteiger partial charge on any atom is -0.379 e. The van der Waals surface area contributed by atoms with Crippen molar-refractivity contribution < 1.29 is 26.7 Å². The van der Waals surface area contributed by atoms with Gasteiger partial charge in [-0.3, -0.25) is 9.69 Å². The predicted molar refractivity (Wildman–Crippen MR) is 103 cm³/mol. The van der Waals surface area contributed by atoms with Crippen molar-refractivity contribution in [3.05, 3.63) is 29.8 Å². The number of nitrogens with zero attached hydrogens (tertiary/aromatic N) is 3. The highest BCUT2D eigenvalue weighted by molar-refractivity contribution is 7.89. The molecule has 162 valence electrons. The normalized spacial score (nSPS) is 21.4. The lowest BCUT2D eigenvalue weighted by Gasteiger charge is -2.30. The Balaban J connectivity index is 1.60. The topological polar surface area (TPSA) is 70.2 Å². The Morgan fingerprint density at radius 3 is 2.59 bits per heavy atom. The fraction of sp³-hybridized carbons (Fsp3) is 0.632. The van der Waals surface area contributed by atoms with Crippen LogP contribution in [-0.4, -0.2) is 87.0 Å². The number of ether oxygens (including phenoxy) is 1. The fourth-order valence-corrected chi connectivity index (χ4v) is 5.36. The van der Waals surface area contributed by atoms with Gasteiger partial charge in [-0.05, 0) is 31.0 Å². The van der Waals surface area contributed by atoms with Crippen molar-refractivity contribution in [2.75, 3.05) is 52.5 Å².